The summed E-state index contributed by atoms with van der Waals surface area (Å²) < 4.78 is 34.4. The molecule has 1 heterocycles. The van der Waals surface area contributed by atoms with Gasteiger partial charge in [-0.2, -0.15) is 8.42 Å². The van der Waals surface area contributed by atoms with E-state index >= 15 is 0 Å². The summed E-state index contributed by atoms with van der Waals surface area (Å²) in [6, 6.07) is 8.32. The smallest absolute Gasteiger partial charge is 0.307 e. The van der Waals surface area contributed by atoms with Crippen LogP contribution in [0.5, 0.6) is 0 Å². The fraction of sp³-hybridized carbons (Fsp3) is 0.417. The summed E-state index contributed by atoms with van der Waals surface area (Å²) in [6.07, 6.45) is -1.28. The summed E-state index contributed by atoms with van der Waals surface area (Å²) >= 11 is 0. The fourth-order valence-electron chi connectivity index (χ4n) is 2.11. The van der Waals surface area contributed by atoms with Crippen LogP contribution in [0.3, 0.4) is 0 Å². The van der Waals surface area contributed by atoms with Crippen LogP contribution in [0.4, 0.5) is 3.89 Å². The lowest BCUT2D eigenvalue weighted by Gasteiger charge is -2.19. The number of aliphatic hydroxyl groups excluding tert-OH is 1. The van der Waals surface area contributed by atoms with Crippen molar-refractivity contribution in [3.8, 4) is 0 Å². The number of carbonyl (C=O) groups is 1. The fourth-order valence-corrected chi connectivity index (χ4v) is 2.85. The quantitative estimate of drug-likeness (QED) is 0.827. The third kappa shape index (κ3) is 3.10. The highest BCUT2D eigenvalue weighted by Crippen LogP contribution is 2.22. The maximum absolute atomic E-state index is 12.8. The average molecular weight is 287 g/mol. The van der Waals surface area contributed by atoms with E-state index in [0.29, 0.717) is 5.56 Å². The minimum Gasteiger partial charge on any atom is -0.378 e. The first kappa shape index (κ1) is 14.0. The molecule has 5 nitrogen and oxygen atoms in total. The Bertz CT molecular complexity index is 560. The highest BCUT2D eigenvalue weighted by Gasteiger charge is 2.37. The van der Waals surface area contributed by atoms with E-state index in [1.54, 1.807) is 30.3 Å². The summed E-state index contributed by atoms with van der Waals surface area (Å²) in [5.41, 5.74) is 0.430. The minimum absolute atomic E-state index is 0.0616. The zero-order chi connectivity index (χ0) is 14.0. The summed E-state index contributed by atoms with van der Waals surface area (Å²) in [5.74, 6) is -0.600. The summed E-state index contributed by atoms with van der Waals surface area (Å²) in [4.78, 5) is 13.2. The maximum atomic E-state index is 12.8. The molecule has 2 atom stereocenters. The second kappa shape index (κ2) is 5.26. The molecule has 1 saturated heterocycles. The van der Waals surface area contributed by atoms with Crippen molar-refractivity contribution in [2.45, 2.75) is 17.8 Å². The first-order valence-corrected chi connectivity index (χ1v) is 7.29. The van der Waals surface area contributed by atoms with Crippen LogP contribution >= 0.6 is 0 Å². The molecule has 1 N–H and O–H groups in total. The lowest BCUT2D eigenvalue weighted by molar-refractivity contribution is -0.139. The van der Waals surface area contributed by atoms with Gasteiger partial charge in [-0.1, -0.05) is 30.3 Å². The van der Waals surface area contributed by atoms with Crippen molar-refractivity contribution >= 4 is 16.1 Å². The SMILES string of the molecule is O=C([C@@H](O)c1ccccc1)N1CCC(S(=O)(=O)F)C1. The Morgan fingerprint density at radius 1 is 1.37 bits per heavy atom. The summed E-state index contributed by atoms with van der Waals surface area (Å²) in [6.45, 7) is -0.0713. The number of hydrogen-bond acceptors (Lipinski definition) is 4. The lowest BCUT2D eigenvalue weighted by Crippen LogP contribution is -2.34. The molecule has 0 aliphatic carbocycles. The molecule has 0 saturated carbocycles. The molecule has 0 spiro atoms. The average Bonchev–Trinajstić information content (AvgIpc) is 2.87. The van der Waals surface area contributed by atoms with Gasteiger partial charge in [0.2, 0.25) is 0 Å². The van der Waals surface area contributed by atoms with Crippen molar-refractivity contribution in [1.82, 2.24) is 4.90 Å². The molecule has 1 aliphatic rings. The monoisotopic (exact) mass is 287 g/mol. The van der Waals surface area contributed by atoms with Gasteiger partial charge >= 0.3 is 10.2 Å². The van der Waals surface area contributed by atoms with Crippen molar-refractivity contribution < 1.29 is 22.2 Å². The molecular weight excluding hydrogens is 273 g/mol. The molecule has 7 heteroatoms. The molecule has 0 radical (unpaired) electrons. The summed E-state index contributed by atoms with van der Waals surface area (Å²) in [5, 5.41) is 8.72. The van der Waals surface area contributed by atoms with Crippen molar-refractivity contribution in [3.05, 3.63) is 35.9 Å². The number of carbonyl (C=O) groups excluding carboxylic acids is 1. The van der Waals surface area contributed by atoms with E-state index in [-0.39, 0.29) is 19.5 Å². The Balaban J connectivity index is 2.06. The normalized spacial score (nSPS) is 21.4. The number of hydrogen-bond donors (Lipinski definition) is 1. The van der Waals surface area contributed by atoms with E-state index in [9.17, 15) is 22.2 Å². The van der Waals surface area contributed by atoms with Crippen molar-refractivity contribution in [3.63, 3.8) is 0 Å². The first-order chi connectivity index (χ1) is 8.89. The van der Waals surface area contributed by atoms with Gasteiger partial charge in [0, 0.05) is 13.1 Å². The first-order valence-electron chi connectivity index (χ1n) is 5.85. The van der Waals surface area contributed by atoms with Gasteiger partial charge < -0.3 is 10.0 Å². The second-order valence-electron chi connectivity index (χ2n) is 4.48. The lowest BCUT2D eigenvalue weighted by atomic mass is 10.1. The molecule has 0 aromatic heterocycles. The third-order valence-corrected chi connectivity index (χ3v) is 4.39. The molecule has 1 aromatic carbocycles. The van der Waals surface area contributed by atoms with Crippen LogP contribution in [-0.4, -0.2) is 42.7 Å². The molecule has 1 aromatic rings. The minimum atomic E-state index is -4.63. The number of benzene rings is 1. The number of rotatable bonds is 3. The number of likely N-dealkylation sites (tertiary alicyclic amines) is 1. The van der Waals surface area contributed by atoms with Gasteiger partial charge in [-0.3, -0.25) is 4.79 Å². The second-order valence-corrected chi connectivity index (χ2v) is 6.10. The van der Waals surface area contributed by atoms with E-state index in [1.807, 2.05) is 0 Å². The van der Waals surface area contributed by atoms with Crippen LogP contribution in [0.2, 0.25) is 0 Å². The topological polar surface area (TPSA) is 74.7 Å². The number of amides is 1. The van der Waals surface area contributed by atoms with E-state index in [0.717, 1.165) is 0 Å². The van der Waals surface area contributed by atoms with Crippen LogP contribution < -0.4 is 0 Å². The summed E-state index contributed by atoms with van der Waals surface area (Å²) in [7, 11) is -4.63. The van der Waals surface area contributed by atoms with E-state index < -0.39 is 27.5 Å². The molecule has 1 amide bonds. The van der Waals surface area contributed by atoms with E-state index in [4.69, 9.17) is 0 Å². The standard InChI is InChI=1S/C12H14FNO4S/c13-19(17,18)10-6-7-14(8-10)12(16)11(15)9-4-2-1-3-5-9/h1-5,10-11,15H,6-8H2/t10?,11-/m0/s1. The Morgan fingerprint density at radius 3 is 2.53 bits per heavy atom. The Kier molecular flexibility index (Phi) is 3.86. The number of nitrogens with zero attached hydrogens (tertiary/aromatic N) is 1. The maximum Gasteiger partial charge on any atom is 0.307 e. The third-order valence-electron chi connectivity index (χ3n) is 3.20. The molecule has 1 fully saturated rings. The molecule has 1 aliphatic heterocycles. The Labute approximate surface area is 110 Å². The molecular formula is C12H14FNO4S. The predicted molar refractivity (Wildman–Crippen MR) is 66.4 cm³/mol. The zero-order valence-electron chi connectivity index (χ0n) is 10.1. The molecule has 104 valence electrons. The Morgan fingerprint density at radius 2 is 2.00 bits per heavy atom. The van der Waals surface area contributed by atoms with Gasteiger partial charge in [-0.25, -0.2) is 0 Å². The zero-order valence-corrected chi connectivity index (χ0v) is 10.9. The molecule has 0 bridgehead atoms. The van der Waals surface area contributed by atoms with Crippen LogP contribution in [0.1, 0.15) is 18.1 Å². The van der Waals surface area contributed by atoms with Gasteiger partial charge in [0.15, 0.2) is 6.10 Å². The number of halogens is 1. The van der Waals surface area contributed by atoms with Crippen LogP contribution in [0, 0.1) is 0 Å². The largest absolute Gasteiger partial charge is 0.378 e. The van der Waals surface area contributed by atoms with Crippen LogP contribution in [0.25, 0.3) is 0 Å². The Hall–Kier alpha value is -1.47. The molecule has 2 rings (SSSR count). The van der Waals surface area contributed by atoms with Crippen molar-refractivity contribution in [2.75, 3.05) is 13.1 Å². The van der Waals surface area contributed by atoms with E-state index in [1.165, 1.54) is 4.90 Å². The van der Waals surface area contributed by atoms with Crippen LogP contribution in [-0.2, 0) is 15.0 Å². The number of aliphatic hydroxyl groups is 1. The van der Waals surface area contributed by atoms with Gasteiger partial charge in [0.05, 0.1) is 0 Å². The van der Waals surface area contributed by atoms with Crippen LogP contribution in [0.15, 0.2) is 30.3 Å². The van der Waals surface area contributed by atoms with Crippen molar-refractivity contribution in [2.24, 2.45) is 0 Å². The molecule has 19 heavy (non-hydrogen) atoms. The highest BCUT2D eigenvalue weighted by molar-refractivity contribution is 7.87. The van der Waals surface area contributed by atoms with Gasteiger partial charge in [-0.15, -0.1) is 3.89 Å². The van der Waals surface area contributed by atoms with Crippen molar-refractivity contribution in [1.29, 1.82) is 0 Å². The van der Waals surface area contributed by atoms with E-state index in [2.05, 4.69) is 0 Å². The highest BCUT2D eigenvalue weighted by atomic mass is 32.3. The van der Waals surface area contributed by atoms with Gasteiger partial charge in [-0.05, 0) is 12.0 Å². The van der Waals surface area contributed by atoms with Gasteiger partial charge in [0.1, 0.15) is 5.25 Å². The molecule has 1 unspecified atom stereocenters. The van der Waals surface area contributed by atoms with Gasteiger partial charge in [0.25, 0.3) is 5.91 Å². The predicted octanol–water partition coefficient (Wildman–Crippen LogP) is 0.620.